The summed E-state index contributed by atoms with van der Waals surface area (Å²) < 4.78 is 6.14. The van der Waals surface area contributed by atoms with Crippen molar-refractivity contribution in [1.82, 2.24) is 4.98 Å². The zero-order valence-electron chi connectivity index (χ0n) is 10.7. The Morgan fingerprint density at radius 1 is 1.45 bits per heavy atom. The molecular formula is C14H12BrClN2O2. The summed E-state index contributed by atoms with van der Waals surface area (Å²) >= 11 is 9.23. The molecule has 1 amide bonds. The van der Waals surface area contributed by atoms with Crippen LogP contribution in [0.1, 0.15) is 5.56 Å². The summed E-state index contributed by atoms with van der Waals surface area (Å²) in [7, 11) is 0. The van der Waals surface area contributed by atoms with E-state index in [1.54, 1.807) is 18.3 Å². The van der Waals surface area contributed by atoms with E-state index >= 15 is 0 Å². The number of hydrogen-bond donors (Lipinski definition) is 1. The second-order valence-electron chi connectivity index (χ2n) is 4.11. The van der Waals surface area contributed by atoms with Gasteiger partial charge in [-0.15, -0.1) is 0 Å². The fourth-order valence-electron chi connectivity index (χ4n) is 1.53. The van der Waals surface area contributed by atoms with Crippen LogP contribution in [-0.2, 0) is 4.79 Å². The van der Waals surface area contributed by atoms with E-state index in [0.29, 0.717) is 11.4 Å². The van der Waals surface area contributed by atoms with Gasteiger partial charge >= 0.3 is 0 Å². The number of carbonyl (C=O) groups is 1. The lowest BCUT2D eigenvalue weighted by Crippen LogP contribution is -2.20. The van der Waals surface area contributed by atoms with Crippen LogP contribution in [0.25, 0.3) is 0 Å². The molecule has 2 aromatic rings. The average molecular weight is 356 g/mol. The molecule has 20 heavy (non-hydrogen) atoms. The third kappa shape index (κ3) is 3.95. The van der Waals surface area contributed by atoms with Gasteiger partial charge in [-0.25, -0.2) is 4.98 Å². The van der Waals surface area contributed by atoms with E-state index < -0.39 is 0 Å². The molecular weight excluding hydrogens is 344 g/mol. The van der Waals surface area contributed by atoms with E-state index in [-0.39, 0.29) is 17.7 Å². The molecule has 0 aliphatic carbocycles. The zero-order chi connectivity index (χ0) is 14.5. The first-order chi connectivity index (χ1) is 9.56. The predicted molar refractivity (Wildman–Crippen MR) is 82.3 cm³/mol. The topological polar surface area (TPSA) is 51.2 Å². The minimum Gasteiger partial charge on any atom is -0.481 e. The van der Waals surface area contributed by atoms with Crippen molar-refractivity contribution in [3.63, 3.8) is 0 Å². The van der Waals surface area contributed by atoms with Crippen LogP contribution in [-0.4, -0.2) is 17.5 Å². The summed E-state index contributed by atoms with van der Waals surface area (Å²) in [5, 5.41) is 2.99. The Bertz CT molecular complexity index is 634. The summed E-state index contributed by atoms with van der Waals surface area (Å²) in [6.45, 7) is 1.84. The standard InChI is InChI=1S/C14H12BrClN2O2/c1-9-4-5-11(10(15)7-9)18-13(19)8-20-12-3-2-6-17-14(12)16/h2-7H,8H2,1H3,(H,18,19). The number of halogens is 2. The van der Waals surface area contributed by atoms with Crippen LogP contribution < -0.4 is 10.1 Å². The van der Waals surface area contributed by atoms with Crippen LogP contribution in [0.4, 0.5) is 5.69 Å². The van der Waals surface area contributed by atoms with Gasteiger partial charge in [-0.1, -0.05) is 17.7 Å². The van der Waals surface area contributed by atoms with Gasteiger partial charge < -0.3 is 10.1 Å². The molecule has 0 fully saturated rings. The molecule has 1 aromatic heterocycles. The van der Waals surface area contributed by atoms with Crippen molar-refractivity contribution in [1.29, 1.82) is 0 Å². The number of hydrogen-bond acceptors (Lipinski definition) is 3. The van der Waals surface area contributed by atoms with Crippen LogP contribution >= 0.6 is 27.5 Å². The quantitative estimate of drug-likeness (QED) is 0.848. The average Bonchev–Trinajstić information content (AvgIpc) is 2.41. The third-order valence-corrected chi connectivity index (χ3v) is 3.42. The van der Waals surface area contributed by atoms with Gasteiger partial charge in [-0.2, -0.15) is 0 Å². The summed E-state index contributed by atoms with van der Waals surface area (Å²) in [4.78, 5) is 15.7. The molecule has 1 N–H and O–H groups in total. The number of nitrogens with one attached hydrogen (secondary N) is 1. The van der Waals surface area contributed by atoms with E-state index in [9.17, 15) is 4.79 Å². The first-order valence-electron chi connectivity index (χ1n) is 5.85. The van der Waals surface area contributed by atoms with Crippen molar-refractivity contribution in [3.05, 3.63) is 51.7 Å². The fourth-order valence-corrected chi connectivity index (χ4v) is 2.30. The van der Waals surface area contributed by atoms with E-state index in [2.05, 4.69) is 26.2 Å². The van der Waals surface area contributed by atoms with Crippen molar-refractivity contribution >= 4 is 39.1 Å². The van der Waals surface area contributed by atoms with E-state index in [1.165, 1.54) is 0 Å². The number of rotatable bonds is 4. The minimum atomic E-state index is -0.269. The summed E-state index contributed by atoms with van der Waals surface area (Å²) in [6.07, 6.45) is 1.55. The molecule has 0 saturated heterocycles. The molecule has 0 aliphatic heterocycles. The lowest BCUT2D eigenvalue weighted by molar-refractivity contribution is -0.118. The van der Waals surface area contributed by atoms with Crippen molar-refractivity contribution < 1.29 is 9.53 Å². The van der Waals surface area contributed by atoms with Crippen LogP contribution in [0.15, 0.2) is 41.0 Å². The maximum absolute atomic E-state index is 11.8. The number of amides is 1. The number of nitrogens with zero attached hydrogens (tertiary/aromatic N) is 1. The Morgan fingerprint density at radius 2 is 2.25 bits per heavy atom. The van der Waals surface area contributed by atoms with Gasteiger partial charge in [0.15, 0.2) is 17.5 Å². The lowest BCUT2D eigenvalue weighted by Gasteiger charge is -2.09. The molecule has 0 spiro atoms. The molecule has 6 heteroatoms. The first kappa shape index (κ1) is 14.8. The number of ether oxygens (including phenoxy) is 1. The summed E-state index contributed by atoms with van der Waals surface area (Å²) in [5.41, 5.74) is 1.80. The molecule has 2 rings (SSSR count). The Kier molecular flexibility index (Phi) is 4.98. The predicted octanol–water partition coefficient (Wildman–Crippen LogP) is 3.82. The zero-order valence-corrected chi connectivity index (χ0v) is 13.0. The number of aromatic nitrogens is 1. The molecule has 0 radical (unpaired) electrons. The Morgan fingerprint density at radius 3 is 2.95 bits per heavy atom. The molecule has 0 unspecified atom stereocenters. The monoisotopic (exact) mass is 354 g/mol. The Labute approximate surface area is 130 Å². The van der Waals surface area contributed by atoms with Gasteiger partial charge in [0, 0.05) is 10.7 Å². The van der Waals surface area contributed by atoms with E-state index in [4.69, 9.17) is 16.3 Å². The highest BCUT2D eigenvalue weighted by atomic mass is 79.9. The van der Waals surface area contributed by atoms with Gasteiger partial charge in [0.2, 0.25) is 0 Å². The highest BCUT2D eigenvalue weighted by molar-refractivity contribution is 9.10. The van der Waals surface area contributed by atoms with Crippen molar-refractivity contribution in [2.75, 3.05) is 11.9 Å². The largest absolute Gasteiger partial charge is 0.481 e. The van der Waals surface area contributed by atoms with Gasteiger partial charge in [0.05, 0.1) is 5.69 Å². The number of carbonyl (C=O) groups excluding carboxylic acids is 1. The maximum atomic E-state index is 11.8. The smallest absolute Gasteiger partial charge is 0.262 e. The lowest BCUT2D eigenvalue weighted by atomic mass is 10.2. The minimum absolute atomic E-state index is 0.133. The Balaban J connectivity index is 1.94. The number of pyridine rings is 1. The van der Waals surface area contributed by atoms with Gasteiger partial charge in [0.25, 0.3) is 5.91 Å². The number of aryl methyl sites for hydroxylation is 1. The van der Waals surface area contributed by atoms with Gasteiger partial charge in [-0.3, -0.25) is 4.79 Å². The van der Waals surface area contributed by atoms with Crippen LogP contribution in [0.5, 0.6) is 5.75 Å². The van der Waals surface area contributed by atoms with Gasteiger partial charge in [-0.05, 0) is 52.7 Å². The first-order valence-corrected chi connectivity index (χ1v) is 7.02. The molecule has 1 aromatic carbocycles. The van der Waals surface area contributed by atoms with Gasteiger partial charge in [0.1, 0.15) is 0 Å². The van der Waals surface area contributed by atoms with E-state index in [0.717, 1.165) is 10.0 Å². The van der Waals surface area contributed by atoms with Crippen molar-refractivity contribution in [2.45, 2.75) is 6.92 Å². The molecule has 1 heterocycles. The summed E-state index contributed by atoms with van der Waals surface area (Å²) in [5.74, 6) is 0.113. The van der Waals surface area contributed by atoms with Crippen LogP contribution in [0, 0.1) is 6.92 Å². The fraction of sp³-hybridized carbons (Fsp3) is 0.143. The molecule has 0 bridgehead atoms. The maximum Gasteiger partial charge on any atom is 0.262 e. The molecule has 0 atom stereocenters. The number of benzene rings is 1. The van der Waals surface area contributed by atoms with Crippen LogP contribution in [0.2, 0.25) is 5.15 Å². The van der Waals surface area contributed by atoms with Crippen LogP contribution in [0.3, 0.4) is 0 Å². The Hall–Kier alpha value is -1.59. The normalized spacial score (nSPS) is 10.2. The highest BCUT2D eigenvalue weighted by Crippen LogP contribution is 2.24. The third-order valence-electron chi connectivity index (χ3n) is 2.48. The van der Waals surface area contributed by atoms with Crippen molar-refractivity contribution in [2.24, 2.45) is 0 Å². The molecule has 0 saturated carbocycles. The van der Waals surface area contributed by atoms with E-state index in [1.807, 2.05) is 25.1 Å². The summed E-state index contributed by atoms with van der Waals surface area (Å²) in [6, 6.07) is 9.02. The highest BCUT2D eigenvalue weighted by Gasteiger charge is 2.08. The second kappa shape index (κ2) is 6.72. The second-order valence-corrected chi connectivity index (χ2v) is 5.32. The SMILES string of the molecule is Cc1ccc(NC(=O)COc2cccnc2Cl)c(Br)c1. The number of anilines is 1. The molecule has 4 nitrogen and oxygen atoms in total. The molecule has 104 valence electrons. The molecule has 0 aliphatic rings. The van der Waals surface area contributed by atoms with Crippen molar-refractivity contribution in [3.8, 4) is 5.75 Å².